The van der Waals surface area contributed by atoms with E-state index in [1.807, 2.05) is 13.8 Å². The average molecular weight is 298 g/mol. The molecule has 0 heterocycles. The van der Waals surface area contributed by atoms with Crippen molar-refractivity contribution in [3.8, 4) is 0 Å². The highest BCUT2D eigenvalue weighted by molar-refractivity contribution is 8.06. The van der Waals surface area contributed by atoms with Crippen LogP contribution in [0.25, 0.3) is 0 Å². The Balaban J connectivity index is 4.43. The molecule has 0 aromatic heterocycles. The van der Waals surface area contributed by atoms with E-state index in [2.05, 4.69) is 11.8 Å². The van der Waals surface area contributed by atoms with E-state index in [9.17, 15) is 4.79 Å². The van der Waals surface area contributed by atoms with E-state index in [1.54, 1.807) is 11.8 Å². The summed E-state index contributed by atoms with van der Waals surface area (Å²) >= 11 is 4.38. The third kappa shape index (κ3) is 8.13. The molecule has 0 spiro atoms. The fourth-order valence-corrected chi connectivity index (χ4v) is 2.26. The van der Waals surface area contributed by atoms with Gasteiger partial charge < -0.3 is 14.7 Å². The van der Waals surface area contributed by atoms with E-state index in [0.717, 1.165) is 12.8 Å². The Kier molecular flexibility index (Phi) is 8.94. The molecule has 0 bridgehead atoms. The van der Waals surface area contributed by atoms with Crippen molar-refractivity contribution in [1.29, 1.82) is 0 Å². The van der Waals surface area contributed by atoms with Gasteiger partial charge in [-0.1, -0.05) is 20.8 Å². The van der Waals surface area contributed by atoms with E-state index in [1.165, 1.54) is 5.06 Å². The second-order valence-electron chi connectivity index (χ2n) is 3.91. The molecule has 0 aliphatic heterocycles. The van der Waals surface area contributed by atoms with Crippen LogP contribution in [-0.4, -0.2) is 51.8 Å². The molecule has 0 aromatic rings. The van der Waals surface area contributed by atoms with Crippen LogP contribution in [0.2, 0.25) is 0 Å². The summed E-state index contributed by atoms with van der Waals surface area (Å²) in [6.45, 7) is 3.72. The summed E-state index contributed by atoms with van der Waals surface area (Å²) in [6, 6.07) is 0. The van der Waals surface area contributed by atoms with Crippen LogP contribution < -0.4 is 0 Å². The van der Waals surface area contributed by atoms with Gasteiger partial charge in [-0.15, -0.1) is 0 Å². The van der Waals surface area contributed by atoms with E-state index >= 15 is 0 Å². The second kappa shape index (κ2) is 8.96. The summed E-state index contributed by atoms with van der Waals surface area (Å²) in [5.74, 6) is -0.0935. The van der Waals surface area contributed by atoms with Crippen LogP contribution in [0.3, 0.4) is 0 Å². The van der Waals surface area contributed by atoms with Gasteiger partial charge in [-0.05, 0) is 24.6 Å². The molecule has 0 aliphatic rings. The van der Waals surface area contributed by atoms with Gasteiger partial charge in [0.25, 0.3) is 0 Å². The molecule has 0 rings (SSSR count). The number of likely N-dealkylation sites (N-methyl/N-ethyl adjacent to an activating group) is 1. The lowest BCUT2D eigenvalue weighted by molar-refractivity contribution is -0.142. The Morgan fingerprint density at radius 1 is 1.22 bits per heavy atom. The zero-order chi connectivity index (χ0) is 14.2. The van der Waals surface area contributed by atoms with Crippen molar-refractivity contribution in [3.63, 3.8) is 0 Å². The van der Waals surface area contributed by atoms with Gasteiger partial charge in [0.05, 0.1) is 0 Å². The number of amides is 1. The molecule has 0 saturated heterocycles. The molecule has 108 valence electrons. The van der Waals surface area contributed by atoms with Crippen LogP contribution in [0.1, 0.15) is 33.6 Å². The molecule has 0 atom stereocenters. The van der Waals surface area contributed by atoms with Crippen LogP contribution in [0.4, 0.5) is 0 Å². The Bertz CT molecular complexity index is 292. The molecule has 1 amide bonds. The van der Waals surface area contributed by atoms with Crippen LogP contribution in [0.5, 0.6) is 0 Å². The van der Waals surface area contributed by atoms with Crippen LogP contribution >= 0.6 is 6.72 Å². The summed E-state index contributed by atoms with van der Waals surface area (Å²) in [5.41, 5.74) is 0. The highest BCUT2D eigenvalue weighted by atomic mass is 32.5. The molecule has 0 fully saturated rings. The Labute approximate surface area is 114 Å². The normalized spacial score (nSPS) is 11.9. The molecular weight excluding hydrogens is 275 g/mol. The number of nitrogens with zero attached hydrogens (tertiary/aromatic N) is 2. The highest BCUT2D eigenvalue weighted by Gasteiger charge is 2.20. The maximum absolute atomic E-state index is 12.0. The van der Waals surface area contributed by atoms with Crippen molar-refractivity contribution in [3.05, 3.63) is 0 Å². The molecule has 0 radical (unpaired) electrons. The summed E-state index contributed by atoms with van der Waals surface area (Å²) < 4.78 is 4.79. The first kappa shape index (κ1) is 18.0. The lowest BCUT2D eigenvalue weighted by Crippen LogP contribution is -2.40. The van der Waals surface area contributed by atoms with Gasteiger partial charge in [0.15, 0.2) is 0 Å². The van der Waals surface area contributed by atoms with Gasteiger partial charge in [-0.2, -0.15) is 5.06 Å². The maximum atomic E-state index is 12.0. The first-order chi connectivity index (χ1) is 8.34. The van der Waals surface area contributed by atoms with Gasteiger partial charge in [-0.25, -0.2) is 4.62 Å². The van der Waals surface area contributed by atoms with Crippen molar-refractivity contribution in [2.45, 2.75) is 33.6 Å². The predicted molar refractivity (Wildman–Crippen MR) is 74.2 cm³/mol. The molecule has 18 heavy (non-hydrogen) atoms. The van der Waals surface area contributed by atoms with Crippen molar-refractivity contribution in [2.24, 2.45) is 0 Å². The number of carbonyl (C=O) groups excluding carboxylic acids is 1. The molecule has 0 aromatic carbocycles. The minimum Gasteiger partial charge on any atom is -0.342 e. The van der Waals surface area contributed by atoms with E-state index in [0.29, 0.717) is 19.6 Å². The lowest BCUT2D eigenvalue weighted by Gasteiger charge is -2.26. The van der Waals surface area contributed by atoms with Crippen molar-refractivity contribution < 1.29 is 19.2 Å². The standard InChI is InChI=1S/C10H23N2O4PS/c1-4-7-11(8-5-2)10(13)9-12(6-3)16-17(14,15)18/h4-9H2,1-3H3,(H2,14,15,18). The largest absolute Gasteiger partial charge is 0.342 e. The lowest BCUT2D eigenvalue weighted by atomic mass is 10.3. The summed E-state index contributed by atoms with van der Waals surface area (Å²) in [4.78, 5) is 31.9. The minimum atomic E-state index is -3.77. The summed E-state index contributed by atoms with van der Waals surface area (Å²) in [5, 5.41) is 1.20. The zero-order valence-corrected chi connectivity index (χ0v) is 12.9. The molecule has 0 aliphatic carbocycles. The van der Waals surface area contributed by atoms with Crippen LogP contribution in [-0.2, 0) is 21.2 Å². The van der Waals surface area contributed by atoms with E-state index in [-0.39, 0.29) is 12.5 Å². The van der Waals surface area contributed by atoms with Gasteiger partial charge in [0.1, 0.15) is 6.54 Å². The fourth-order valence-electron chi connectivity index (χ4n) is 1.50. The Morgan fingerprint density at radius 2 is 1.72 bits per heavy atom. The first-order valence-corrected chi connectivity index (χ1v) is 8.74. The number of hydrogen-bond donors (Lipinski definition) is 2. The van der Waals surface area contributed by atoms with E-state index < -0.39 is 6.72 Å². The molecule has 8 heteroatoms. The van der Waals surface area contributed by atoms with Crippen LogP contribution in [0, 0.1) is 0 Å². The molecule has 2 N–H and O–H groups in total. The molecule has 0 saturated carbocycles. The minimum absolute atomic E-state index is 0.0178. The first-order valence-electron chi connectivity index (χ1n) is 6.12. The number of hydrogen-bond acceptors (Lipinski definition) is 4. The third-order valence-corrected chi connectivity index (χ3v) is 2.87. The van der Waals surface area contributed by atoms with Crippen molar-refractivity contribution in [2.75, 3.05) is 26.2 Å². The van der Waals surface area contributed by atoms with Gasteiger partial charge in [0, 0.05) is 19.6 Å². The van der Waals surface area contributed by atoms with Gasteiger partial charge in [0.2, 0.25) is 5.91 Å². The fraction of sp³-hybridized carbons (Fsp3) is 0.900. The van der Waals surface area contributed by atoms with Gasteiger partial charge >= 0.3 is 6.72 Å². The van der Waals surface area contributed by atoms with Gasteiger partial charge in [-0.3, -0.25) is 4.79 Å². The third-order valence-electron chi connectivity index (χ3n) is 2.23. The number of hydroxylamine groups is 2. The van der Waals surface area contributed by atoms with Crippen LogP contribution in [0.15, 0.2) is 0 Å². The summed E-state index contributed by atoms with van der Waals surface area (Å²) in [6.07, 6.45) is 1.77. The number of rotatable bonds is 9. The Morgan fingerprint density at radius 3 is 2.06 bits per heavy atom. The molecular formula is C10H23N2O4PS. The monoisotopic (exact) mass is 298 g/mol. The van der Waals surface area contributed by atoms with Crippen molar-refractivity contribution in [1.82, 2.24) is 9.96 Å². The average Bonchev–Trinajstić information content (AvgIpc) is 2.26. The smallest absolute Gasteiger partial charge is 0.339 e. The SMILES string of the molecule is CCCN(CCC)C(=O)CN(CC)OP(O)(O)=S. The Hall–Kier alpha value is -0.0400. The predicted octanol–water partition coefficient (Wildman–Crippen LogP) is 1.10. The zero-order valence-electron chi connectivity index (χ0n) is 11.2. The van der Waals surface area contributed by atoms with E-state index in [4.69, 9.17) is 14.4 Å². The number of carbonyl (C=O) groups is 1. The maximum Gasteiger partial charge on any atom is 0.339 e. The summed E-state index contributed by atoms with van der Waals surface area (Å²) in [7, 11) is 0. The second-order valence-corrected chi connectivity index (χ2v) is 6.48. The topological polar surface area (TPSA) is 73.2 Å². The quantitative estimate of drug-likeness (QED) is 0.490. The molecule has 0 unspecified atom stereocenters. The van der Waals surface area contributed by atoms with Crippen molar-refractivity contribution >= 4 is 24.4 Å². The molecule has 6 nitrogen and oxygen atoms in total. The highest BCUT2D eigenvalue weighted by Crippen LogP contribution is 2.37.